The number of amides is 2. The summed E-state index contributed by atoms with van der Waals surface area (Å²) in [6, 6.07) is 7.33. The van der Waals surface area contributed by atoms with Gasteiger partial charge in [-0.2, -0.15) is 5.10 Å². The van der Waals surface area contributed by atoms with Crippen LogP contribution in [-0.2, 0) is 18.4 Å². The largest absolute Gasteiger partial charge is 0.368 e. The molecule has 5 rings (SSSR count). The molecule has 2 aliphatic rings. The highest BCUT2D eigenvalue weighted by Crippen LogP contribution is 2.43. The third-order valence-electron chi connectivity index (χ3n) is 5.83. The highest BCUT2D eigenvalue weighted by molar-refractivity contribution is 6.02. The van der Waals surface area contributed by atoms with Gasteiger partial charge in [-0.3, -0.25) is 14.3 Å². The number of aromatic nitrogens is 3. The maximum Gasteiger partial charge on any atom is 0.254 e. The molecule has 3 aromatic rings. The fourth-order valence-electron chi connectivity index (χ4n) is 4.12. The van der Waals surface area contributed by atoms with Crippen LogP contribution in [0.25, 0.3) is 11.3 Å². The van der Waals surface area contributed by atoms with Crippen molar-refractivity contribution in [1.82, 2.24) is 20.1 Å². The molecule has 2 aromatic heterocycles. The van der Waals surface area contributed by atoms with Crippen molar-refractivity contribution in [3.05, 3.63) is 47.8 Å². The van der Waals surface area contributed by atoms with Gasteiger partial charge in [-0.25, -0.2) is 4.98 Å². The van der Waals surface area contributed by atoms with Gasteiger partial charge in [0, 0.05) is 61.0 Å². The molecule has 164 valence electrons. The van der Waals surface area contributed by atoms with Crippen LogP contribution in [0.5, 0.6) is 0 Å². The first-order valence-electron chi connectivity index (χ1n) is 11.9. The van der Waals surface area contributed by atoms with Crippen LogP contribution in [-0.4, -0.2) is 40.6 Å². The molecule has 1 aliphatic heterocycles. The van der Waals surface area contributed by atoms with E-state index in [9.17, 15) is 9.59 Å². The van der Waals surface area contributed by atoms with Crippen molar-refractivity contribution in [3.8, 4) is 11.3 Å². The Bertz CT molecular complexity index is 1330. The van der Waals surface area contributed by atoms with Crippen LogP contribution in [0.3, 0.4) is 0 Å². The number of benzene rings is 1. The number of aryl methyl sites for hydroxylation is 1. The Morgan fingerprint density at radius 3 is 2.81 bits per heavy atom. The van der Waals surface area contributed by atoms with Gasteiger partial charge in [-0.05, 0) is 18.9 Å². The Morgan fingerprint density at radius 1 is 1.19 bits per heavy atom. The molecule has 0 atom stereocenters. The molecule has 9 heteroatoms. The number of pyridine rings is 1. The number of carbonyl (C=O) groups excluding carboxylic acids is 2. The molecule has 3 heterocycles. The Balaban J connectivity index is 1.55. The van der Waals surface area contributed by atoms with Crippen molar-refractivity contribution in [2.75, 3.05) is 29.6 Å². The summed E-state index contributed by atoms with van der Waals surface area (Å²) in [5, 5.41) is 12.5. The molecule has 1 saturated carbocycles. The Hall–Kier alpha value is -3.88. The molecule has 2 amide bonds. The van der Waals surface area contributed by atoms with Gasteiger partial charge in [0.2, 0.25) is 5.91 Å². The van der Waals surface area contributed by atoms with E-state index in [1.165, 1.54) is 6.20 Å². The van der Waals surface area contributed by atoms with Gasteiger partial charge in [-0.15, -0.1) is 0 Å². The third-order valence-corrected chi connectivity index (χ3v) is 5.83. The highest BCUT2D eigenvalue weighted by Gasteiger charge is 2.30. The van der Waals surface area contributed by atoms with Crippen LogP contribution in [0.15, 0.2) is 36.7 Å². The van der Waals surface area contributed by atoms with Gasteiger partial charge < -0.3 is 20.9 Å². The first kappa shape index (κ1) is 16.8. The lowest BCUT2D eigenvalue weighted by Gasteiger charge is -2.30. The first-order valence-corrected chi connectivity index (χ1v) is 10.4. The summed E-state index contributed by atoms with van der Waals surface area (Å²) in [6.07, 6.45) is 4.80. The monoisotopic (exact) mass is 434 g/mol. The van der Waals surface area contributed by atoms with Crippen LogP contribution < -0.4 is 20.9 Å². The Labute approximate surface area is 190 Å². The average molecular weight is 435 g/mol. The molecular formula is C23H25N7O2. The molecule has 1 aliphatic carbocycles. The van der Waals surface area contributed by atoms with Crippen molar-refractivity contribution in [2.45, 2.75) is 19.4 Å². The zero-order chi connectivity index (χ0) is 24.9. The number of para-hydroxylation sites is 1. The summed E-state index contributed by atoms with van der Waals surface area (Å²) in [6.45, 7) is -2.00. The predicted octanol–water partition coefficient (Wildman–Crippen LogP) is 2.88. The second-order valence-corrected chi connectivity index (χ2v) is 8.16. The Kier molecular flexibility index (Phi) is 4.02. The van der Waals surface area contributed by atoms with Crippen LogP contribution in [0.4, 0.5) is 22.9 Å². The second-order valence-electron chi connectivity index (χ2n) is 8.16. The van der Waals surface area contributed by atoms with E-state index in [-0.39, 0.29) is 23.2 Å². The van der Waals surface area contributed by atoms with Gasteiger partial charge >= 0.3 is 0 Å². The quantitative estimate of drug-likeness (QED) is 0.570. The van der Waals surface area contributed by atoms with E-state index < -0.39 is 12.9 Å². The predicted molar refractivity (Wildman–Crippen MR) is 123 cm³/mol. The molecule has 0 unspecified atom stereocenters. The lowest BCUT2D eigenvalue weighted by atomic mass is 9.99. The maximum absolute atomic E-state index is 12.8. The molecule has 0 radical (unpaired) electrons. The number of nitrogens with one attached hydrogen (secondary N) is 3. The molecule has 0 saturated heterocycles. The van der Waals surface area contributed by atoms with E-state index in [4.69, 9.17) is 4.11 Å². The normalized spacial score (nSPS) is 16.2. The van der Waals surface area contributed by atoms with Gasteiger partial charge in [0.25, 0.3) is 5.91 Å². The summed E-state index contributed by atoms with van der Waals surface area (Å²) in [5.41, 5.74) is 5.08. The fourth-order valence-corrected chi connectivity index (χ4v) is 4.12. The fraction of sp³-hybridized carbons (Fsp3) is 0.304. The summed E-state index contributed by atoms with van der Waals surface area (Å²) >= 11 is 0. The average Bonchev–Trinajstić information content (AvgIpc) is 3.56. The van der Waals surface area contributed by atoms with E-state index in [1.807, 2.05) is 48.5 Å². The van der Waals surface area contributed by atoms with Gasteiger partial charge in [0.15, 0.2) is 0 Å². The zero-order valence-electron chi connectivity index (χ0n) is 20.8. The van der Waals surface area contributed by atoms with E-state index >= 15 is 0 Å². The highest BCUT2D eigenvalue weighted by atomic mass is 16.2. The van der Waals surface area contributed by atoms with Crippen molar-refractivity contribution >= 4 is 34.7 Å². The molecule has 3 N–H and O–H groups in total. The van der Waals surface area contributed by atoms with Crippen LogP contribution in [0, 0.1) is 5.92 Å². The molecule has 1 fully saturated rings. The topological polar surface area (TPSA) is 104 Å². The van der Waals surface area contributed by atoms with Crippen LogP contribution in [0.2, 0.25) is 0 Å². The lowest BCUT2D eigenvalue weighted by molar-refractivity contribution is -0.117. The van der Waals surface area contributed by atoms with E-state index in [0.29, 0.717) is 17.9 Å². The van der Waals surface area contributed by atoms with Crippen LogP contribution in [0.1, 0.15) is 32.9 Å². The number of anilines is 4. The molecule has 32 heavy (non-hydrogen) atoms. The summed E-state index contributed by atoms with van der Waals surface area (Å²) in [4.78, 5) is 31.3. The minimum atomic E-state index is -2.66. The summed E-state index contributed by atoms with van der Waals surface area (Å²) in [7, 11) is 3.86. The first-order chi connectivity index (χ1) is 16.6. The smallest absolute Gasteiger partial charge is 0.254 e. The van der Waals surface area contributed by atoms with Crippen molar-refractivity contribution in [3.63, 3.8) is 0 Å². The minimum Gasteiger partial charge on any atom is -0.368 e. The summed E-state index contributed by atoms with van der Waals surface area (Å²) in [5.74, 6) is -0.660. The van der Waals surface area contributed by atoms with E-state index in [0.717, 1.165) is 35.3 Å². The van der Waals surface area contributed by atoms with Gasteiger partial charge in [0.05, 0.1) is 34.5 Å². The van der Waals surface area contributed by atoms with E-state index in [1.54, 1.807) is 6.07 Å². The van der Waals surface area contributed by atoms with E-state index in [2.05, 4.69) is 25.6 Å². The number of hydrogen-bond donors (Lipinski definition) is 3. The number of hydrogen-bond acceptors (Lipinski definition) is 6. The van der Waals surface area contributed by atoms with Crippen molar-refractivity contribution in [1.29, 1.82) is 0 Å². The molecule has 0 spiro atoms. The zero-order valence-corrected chi connectivity index (χ0v) is 17.8. The molecule has 1 aromatic carbocycles. The standard InChI is InChI=1S/C23H25N7O2/c1-24-23(32)16-11-25-19(28-22(31)13-7-8-13)9-18(16)27-17-6-4-5-15-20-14(10-26-30(20)3)12-29(2)21(15)17/h4-6,9-11,13H,7-8,12H2,1-3H3,(H,24,32)(H2,25,27,28,31)/i1D3. The minimum absolute atomic E-state index is 0.0189. The van der Waals surface area contributed by atoms with Crippen LogP contribution >= 0.6 is 0 Å². The molecule has 9 nitrogen and oxygen atoms in total. The lowest BCUT2D eigenvalue weighted by Crippen LogP contribution is -2.23. The number of rotatable bonds is 5. The number of nitrogens with zero attached hydrogens (tertiary/aromatic N) is 4. The molecule has 0 bridgehead atoms. The number of fused-ring (bicyclic) bond motifs is 3. The maximum atomic E-state index is 12.8. The van der Waals surface area contributed by atoms with Crippen molar-refractivity contribution < 1.29 is 13.7 Å². The SMILES string of the molecule is [2H]C([2H])([2H])NC(=O)c1cnc(NC(=O)C2CC2)cc1Nc1cccc2c1N(C)Cc1cnn(C)c1-2. The second kappa shape index (κ2) is 7.67. The third kappa shape index (κ3) is 3.45. The summed E-state index contributed by atoms with van der Waals surface area (Å²) < 4.78 is 24.0. The van der Waals surface area contributed by atoms with Gasteiger partial charge in [-0.1, -0.05) is 12.1 Å². The van der Waals surface area contributed by atoms with Crippen molar-refractivity contribution in [2.24, 2.45) is 13.0 Å². The Morgan fingerprint density at radius 2 is 2.03 bits per heavy atom. The van der Waals surface area contributed by atoms with Gasteiger partial charge in [0.1, 0.15) is 5.82 Å². The molecular weight excluding hydrogens is 406 g/mol. The number of carbonyl (C=O) groups is 2.